The van der Waals surface area contributed by atoms with E-state index >= 15 is 0 Å². The summed E-state index contributed by atoms with van der Waals surface area (Å²) in [5.41, 5.74) is 3.72. The molecule has 0 aliphatic heterocycles. The summed E-state index contributed by atoms with van der Waals surface area (Å²) in [5, 5.41) is 2.53. The molecule has 2 rings (SSSR count). The second-order valence-corrected chi connectivity index (χ2v) is 6.56. The first-order valence-electron chi connectivity index (χ1n) is 9.87. The van der Waals surface area contributed by atoms with Gasteiger partial charge in [-0.3, -0.25) is 9.59 Å². The zero-order valence-corrected chi connectivity index (χ0v) is 16.3. The van der Waals surface area contributed by atoms with Crippen molar-refractivity contribution in [2.45, 2.75) is 45.1 Å². The number of ether oxygens (including phenoxy) is 2. The predicted octanol–water partition coefficient (Wildman–Crippen LogP) is 2.09. The van der Waals surface area contributed by atoms with Crippen molar-refractivity contribution >= 4 is 17.8 Å². The van der Waals surface area contributed by atoms with Gasteiger partial charge in [0, 0.05) is 6.42 Å². The Labute approximate surface area is 171 Å². The van der Waals surface area contributed by atoms with Crippen LogP contribution in [-0.2, 0) is 37.1 Å². The third-order valence-electron chi connectivity index (χ3n) is 4.10. The molecule has 0 aromatic heterocycles. The van der Waals surface area contributed by atoms with Crippen molar-refractivity contribution in [3.8, 4) is 0 Å². The van der Waals surface area contributed by atoms with Crippen LogP contribution in [0, 0.1) is 0 Å². The van der Waals surface area contributed by atoms with Crippen LogP contribution < -0.4 is 11.0 Å². The quantitative estimate of drug-likeness (QED) is 0.560. The summed E-state index contributed by atoms with van der Waals surface area (Å²) in [6, 6.07) is 16.5. The topological polar surface area (TPSA) is 108 Å². The Morgan fingerprint density at radius 2 is 1.52 bits per heavy atom. The molecule has 0 bridgehead atoms. The summed E-state index contributed by atoms with van der Waals surface area (Å²) in [7, 11) is 0. The van der Waals surface area contributed by atoms with Crippen molar-refractivity contribution in [1.29, 1.82) is 0 Å². The van der Waals surface area contributed by atoms with Gasteiger partial charge in [0.15, 0.2) is 0 Å². The minimum atomic E-state index is -1.03. The summed E-state index contributed by atoms with van der Waals surface area (Å²) >= 11 is 0. The Balaban J connectivity index is 1.90. The molecular weight excluding hydrogens is 372 g/mol. The maximum absolute atomic E-state index is 12.5. The van der Waals surface area contributed by atoms with Gasteiger partial charge in [0.2, 0.25) is 5.91 Å². The molecule has 0 spiro atoms. The highest BCUT2D eigenvalue weighted by Crippen LogP contribution is 2.08. The Kier molecular flexibility index (Phi) is 8.22. The van der Waals surface area contributed by atoms with Gasteiger partial charge in [-0.05, 0) is 24.5 Å². The van der Waals surface area contributed by atoms with E-state index in [0.717, 1.165) is 11.1 Å². The number of nitrogens with two attached hydrogens (primary N) is 1. The van der Waals surface area contributed by atoms with Gasteiger partial charge in [0.05, 0.1) is 6.04 Å². The number of carbonyl (C=O) groups is 3. The van der Waals surface area contributed by atoms with Crippen molar-refractivity contribution in [2.24, 2.45) is 5.73 Å². The third-order valence-corrected chi connectivity index (χ3v) is 4.10. The summed E-state index contributed by atoms with van der Waals surface area (Å²) in [6.45, 7) is 1.68. The fraction of sp³-hybridized carbons (Fsp3) is 0.318. The van der Waals surface area contributed by atoms with E-state index in [2.05, 4.69) is 11.0 Å². The number of amides is 1. The molecule has 1 amide bonds. The molecule has 3 N–H and O–H groups in total. The van der Waals surface area contributed by atoms with Crippen LogP contribution in [0.1, 0.15) is 30.9 Å². The lowest BCUT2D eigenvalue weighted by atomic mass is 10.1. The van der Waals surface area contributed by atoms with Gasteiger partial charge in [0.25, 0.3) is 0 Å². The molecule has 7 heteroatoms. The van der Waals surface area contributed by atoms with Crippen LogP contribution in [0.15, 0.2) is 60.7 Å². The lowest BCUT2D eigenvalue weighted by molar-refractivity contribution is -0.150. The summed E-state index contributed by atoms with van der Waals surface area (Å²) in [5.74, 6) is -1.68. The van der Waals surface area contributed by atoms with Gasteiger partial charge in [-0.15, -0.1) is 0 Å². The zero-order valence-electron chi connectivity index (χ0n) is 17.3. The largest absolute Gasteiger partial charge is 0.461 e. The van der Waals surface area contributed by atoms with Gasteiger partial charge in [-0.25, -0.2) is 4.79 Å². The average Bonchev–Trinajstić information content (AvgIpc) is 2.79. The highest BCUT2D eigenvalue weighted by molar-refractivity contribution is 5.87. The van der Waals surface area contributed by atoms with Crippen LogP contribution in [0.5, 0.6) is 0 Å². The normalized spacial score (nSPS) is 12.9. The molecule has 0 heterocycles. The van der Waals surface area contributed by atoms with Crippen molar-refractivity contribution in [1.82, 2.24) is 5.32 Å². The molecule has 2 aromatic rings. The number of benzene rings is 2. The first kappa shape index (κ1) is 20.5. The monoisotopic (exact) mass is 399 g/mol. The Bertz CT molecular complexity index is 817. The van der Waals surface area contributed by atoms with Crippen LogP contribution in [0.4, 0.5) is 0 Å². The van der Waals surface area contributed by atoms with Gasteiger partial charge < -0.3 is 20.5 Å². The molecule has 0 aliphatic rings. The van der Waals surface area contributed by atoms with E-state index in [4.69, 9.17) is 10.9 Å². The van der Waals surface area contributed by atoms with Crippen LogP contribution in [0.25, 0.3) is 0 Å². The highest BCUT2D eigenvalue weighted by Gasteiger charge is 2.25. The summed E-state index contributed by atoms with van der Waals surface area (Å²) in [4.78, 5) is 36.7. The molecule has 0 fully saturated rings. The third kappa shape index (κ3) is 8.15. The number of nitrogens with one attached hydrogen (secondary N) is 1. The Morgan fingerprint density at radius 1 is 0.966 bits per heavy atom. The fourth-order valence-electron chi connectivity index (χ4n) is 2.45. The van der Waals surface area contributed by atoms with E-state index in [1.165, 1.54) is 6.92 Å². The van der Waals surface area contributed by atoms with Crippen LogP contribution in [-0.4, -0.2) is 29.9 Å². The first-order chi connectivity index (χ1) is 14.5. The fourth-order valence-corrected chi connectivity index (χ4v) is 2.45. The molecule has 0 unspecified atom stereocenters. The first-order valence-corrected chi connectivity index (χ1v) is 9.37. The van der Waals surface area contributed by atoms with E-state index < -0.39 is 29.9 Å². The van der Waals surface area contributed by atoms with E-state index in [1.54, 1.807) is 0 Å². The van der Waals surface area contributed by atoms with Crippen molar-refractivity contribution in [2.75, 3.05) is 0 Å². The van der Waals surface area contributed by atoms with Crippen LogP contribution in [0.3, 0.4) is 0 Å². The second kappa shape index (κ2) is 11.6. The molecule has 0 aliphatic carbocycles. The number of carbonyl (C=O) groups excluding carboxylic acids is 3. The molecular formula is C22H26N2O5. The predicted molar refractivity (Wildman–Crippen MR) is 107 cm³/mol. The zero-order chi connectivity index (χ0) is 21.8. The van der Waals surface area contributed by atoms with Crippen molar-refractivity contribution in [3.63, 3.8) is 0 Å². The summed E-state index contributed by atoms with van der Waals surface area (Å²) in [6.07, 6.45) is -0.0430. The van der Waals surface area contributed by atoms with E-state index in [1.807, 2.05) is 60.7 Å². The van der Waals surface area contributed by atoms with Gasteiger partial charge in [-0.1, -0.05) is 60.7 Å². The molecule has 0 saturated carbocycles. The number of hydrogen-bond donors (Lipinski definition) is 2. The van der Waals surface area contributed by atoms with Crippen molar-refractivity contribution in [3.05, 3.63) is 71.8 Å². The highest BCUT2D eigenvalue weighted by atomic mass is 16.5. The van der Waals surface area contributed by atoms with Gasteiger partial charge in [0.1, 0.15) is 20.7 Å². The summed E-state index contributed by atoms with van der Waals surface area (Å²) < 4.78 is 17.6. The standard InChI is InChI=1S/C22H26N2O5/c1-16(23)21(26)24-19(22(27)29-15-18-10-6-3-7-11-18)12-13-20(25)28-14-17-8-4-2-5-9-17/h2-11,16,19H,12-15,23H2,1H3,(H,24,26)/t16-,19-/m0/s1/i/hD. The maximum atomic E-state index is 12.5. The minimum Gasteiger partial charge on any atom is -0.461 e. The molecule has 0 radical (unpaired) electrons. The van der Waals surface area contributed by atoms with Crippen molar-refractivity contribution < 1.29 is 25.3 Å². The van der Waals surface area contributed by atoms with Gasteiger partial charge >= 0.3 is 11.9 Å². The van der Waals surface area contributed by atoms with E-state index in [0.29, 0.717) is 0 Å². The van der Waals surface area contributed by atoms with Gasteiger partial charge in [-0.2, -0.15) is 0 Å². The molecule has 29 heavy (non-hydrogen) atoms. The average molecular weight is 399 g/mol. The molecule has 154 valence electrons. The Morgan fingerprint density at radius 3 is 2.07 bits per heavy atom. The van der Waals surface area contributed by atoms with E-state index in [-0.39, 0.29) is 26.1 Å². The number of esters is 2. The van der Waals surface area contributed by atoms with E-state index in [9.17, 15) is 14.4 Å². The molecule has 0 saturated heterocycles. The number of hydrogen-bond acceptors (Lipinski definition) is 6. The second-order valence-electron chi connectivity index (χ2n) is 6.56. The molecule has 2 atom stereocenters. The minimum absolute atomic E-state index is 0.0255. The maximum Gasteiger partial charge on any atom is 0.328 e. The Hall–Kier alpha value is -3.19. The smallest absolute Gasteiger partial charge is 0.328 e. The lowest BCUT2D eigenvalue weighted by Crippen LogP contribution is -2.48. The number of rotatable bonds is 11. The SMILES string of the molecule is [2H]N[C@@H](C)C(=O)N[C@@H](CCC(=O)OCc1ccccc1)C(=O)OCc1ccccc1. The van der Waals surface area contributed by atoms with Crippen LogP contribution in [0.2, 0.25) is 1.41 Å². The molecule has 2 aromatic carbocycles. The molecule has 7 nitrogen and oxygen atoms in total. The van der Waals surface area contributed by atoms with Crippen LogP contribution >= 0.6 is 0 Å². The lowest BCUT2D eigenvalue weighted by Gasteiger charge is -2.18.